The van der Waals surface area contributed by atoms with E-state index in [4.69, 9.17) is 4.52 Å². The first-order chi connectivity index (χ1) is 12.8. The predicted octanol–water partition coefficient (Wildman–Crippen LogP) is 4.47. The highest BCUT2D eigenvalue weighted by Crippen LogP contribution is 2.30. The summed E-state index contributed by atoms with van der Waals surface area (Å²) in [5, 5.41) is 6.15. The fraction of sp³-hybridized carbons (Fsp3) is 0.167. The first-order valence-corrected chi connectivity index (χ1v) is 7.87. The summed E-state index contributed by atoms with van der Waals surface area (Å²) < 4.78 is 56.0. The van der Waals surface area contributed by atoms with Gasteiger partial charge in [-0.2, -0.15) is 18.2 Å². The molecular weight excluding hydrogens is 366 g/mol. The Labute approximate surface area is 151 Å². The molecule has 0 aliphatic heterocycles. The number of aromatic nitrogens is 2. The number of carbonyl (C=O) groups is 1. The van der Waals surface area contributed by atoms with Gasteiger partial charge in [0, 0.05) is 24.1 Å². The van der Waals surface area contributed by atoms with Crippen LogP contribution in [0.3, 0.4) is 0 Å². The largest absolute Gasteiger partial charge is 0.416 e. The molecule has 0 atom stereocenters. The zero-order valence-corrected chi connectivity index (χ0v) is 13.8. The Morgan fingerprint density at radius 3 is 2.56 bits per heavy atom. The molecule has 3 rings (SSSR count). The van der Waals surface area contributed by atoms with E-state index in [2.05, 4.69) is 15.5 Å². The SMILES string of the molecule is O=C(CCc1nc(-c2ccc(F)cc2)no1)Nc1cccc(C(F)(F)F)c1. The molecule has 0 fully saturated rings. The summed E-state index contributed by atoms with van der Waals surface area (Å²) in [7, 11) is 0. The van der Waals surface area contributed by atoms with Gasteiger partial charge < -0.3 is 9.84 Å². The van der Waals surface area contributed by atoms with E-state index in [-0.39, 0.29) is 30.2 Å². The Kier molecular flexibility index (Phi) is 5.20. The van der Waals surface area contributed by atoms with Gasteiger partial charge in [0.15, 0.2) is 0 Å². The highest BCUT2D eigenvalue weighted by atomic mass is 19.4. The quantitative estimate of drug-likeness (QED) is 0.665. The van der Waals surface area contributed by atoms with Crippen LogP contribution < -0.4 is 5.32 Å². The molecule has 0 aliphatic rings. The van der Waals surface area contributed by atoms with Crippen LogP contribution in [0.15, 0.2) is 53.1 Å². The highest BCUT2D eigenvalue weighted by molar-refractivity contribution is 5.90. The number of rotatable bonds is 5. The molecule has 5 nitrogen and oxygen atoms in total. The van der Waals surface area contributed by atoms with E-state index in [0.29, 0.717) is 5.56 Å². The van der Waals surface area contributed by atoms with Gasteiger partial charge in [-0.3, -0.25) is 4.79 Å². The maximum absolute atomic E-state index is 12.9. The molecule has 3 aromatic rings. The van der Waals surface area contributed by atoms with Gasteiger partial charge in [-0.05, 0) is 42.5 Å². The summed E-state index contributed by atoms with van der Waals surface area (Å²) in [5.41, 5.74) is -0.242. The molecule has 0 spiro atoms. The van der Waals surface area contributed by atoms with Crippen molar-refractivity contribution in [1.82, 2.24) is 10.1 Å². The minimum absolute atomic E-state index is 0.0485. The Hall–Kier alpha value is -3.23. The van der Waals surface area contributed by atoms with Crippen LogP contribution in [0.4, 0.5) is 23.2 Å². The lowest BCUT2D eigenvalue weighted by atomic mass is 10.2. The number of nitrogens with zero attached hydrogens (tertiary/aromatic N) is 2. The van der Waals surface area contributed by atoms with Crippen molar-refractivity contribution in [2.24, 2.45) is 0 Å². The van der Waals surface area contributed by atoms with Gasteiger partial charge >= 0.3 is 6.18 Å². The summed E-state index contributed by atoms with van der Waals surface area (Å²) in [5.74, 6) is -0.443. The minimum atomic E-state index is -4.48. The van der Waals surface area contributed by atoms with E-state index < -0.39 is 23.5 Å². The molecule has 0 radical (unpaired) electrons. The summed E-state index contributed by atoms with van der Waals surface area (Å²) in [4.78, 5) is 16.0. The molecule has 1 aromatic heterocycles. The Morgan fingerprint density at radius 1 is 1.11 bits per heavy atom. The molecule has 0 saturated heterocycles. The standard InChI is InChI=1S/C18H13F4N3O2/c19-13-6-4-11(5-7-13)17-24-16(27-25-17)9-8-15(26)23-14-3-1-2-12(10-14)18(20,21)22/h1-7,10H,8-9H2,(H,23,26). The molecule has 1 heterocycles. The van der Waals surface area contributed by atoms with Crippen molar-refractivity contribution in [3.8, 4) is 11.4 Å². The van der Waals surface area contributed by atoms with Crippen LogP contribution in [0, 0.1) is 5.82 Å². The van der Waals surface area contributed by atoms with Crippen LogP contribution in [0.5, 0.6) is 0 Å². The molecule has 2 aromatic carbocycles. The number of hydrogen-bond acceptors (Lipinski definition) is 4. The van der Waals surface area contributed by atoms with Gasteiger partial charge in [-0.15, -0.1) is 0 Å². The van der Waals surface area contributed by atoms with E-state index in [9.17, 15) is 22.4 Å². The molecule has 0 saturated carbocycles. The zero-order valence-electron chi connectivity index (χ0n) is 13.8. The van der Waals surface area contributed by atoms with Crippen LogP contribution in [0.2, 0.25) is 0 Å². The van der Waals surface area contributed by atoms with Crippen molar-refractivity contribution in [3.63, 3.8) is 0 Å². The third kappa shape index (κ3) is 4.90. The van der Waals surface area contributed by atoms with Gasteiger partial charge in [0.25, 0.3) is 0 Å². The van der Waals surface area contributed by atoms with Crippen molar-refractivity contribution >= 4 is 11.6 Å². The first kappa shape index (κ1) is 18.6. The number of halogens is 4. The number of amides is 1. The normalized spacial score (nSPS) is 11.4. The lowest BCUT2D eigenvalue weighted by Crippen LogP contribution is -2.13. The number of anilines is 1. The summed E-state index contributed by atoms with van der Waals surface area (Å²) in [6.07, 6.45) is -4.43. The smallest absolute Gasteiger partial charge is 0.339 e. The molecule has 9 heteroatoms. The minimum Gasteiger partial charge on any atom is -0.339 e. The van der Waals surface area contributed by atoms with Crippen molar-refractivity contribution in [1.29, 1.82) is 0 Å². The second kappa shape index (κ2) is 7.56. The molecule has 1 N–H and O–H groups in total. The molecule has 0 unspecified atom stereocenters. The zero-order chi connectivity index (χ0) is 19.4. The van der Waals surface area contributed by atoms with Crippen LogP contribution in [-0.2, 0) is 17.4 Å². The molecule has 140 valence electrons. The van der Waals surface area contributed by atoms with E-state index in [1.807, 2.05) is 0 Å². The van der Waals surface area contributed by atoms with Gasteiger partial charge in [-0.25, -0.2) is 4.39 Å². The van der Waals surface area contributed by atoms with Gasteiger partial charge in [0.2, 0.25) is 17.6 Å². The number of aryl methyl sites for hydroxylation is 1. The Bertz CT molecular complexity index is 936. The average molecular weight is 379 g/mol. The Morgan fingerprint density at radius 2 is 1.85 bits per heavy atom. The summed E-state index contributed by atoms with van der Waals surface area (Å²) in [6, 6.07) is 9.86. The topological polar surface area (TPSA) is 68.0 Å². The predicted molar refractivity (Wildman–Crippen MR) is 88.1 cm³/mol. The van der Waals surface area contributed by atoms with Gasteiger partial charge in [-0.1, -0.05) is 11.2 Å². The second-order valence-corrected chi connectivity index (χ2v) is 5.65. The summed E-state index contributed by atoms with van der Waals surface area (Å²) >= 11 is 0. The van der Waals surface area contributed by atoms with Crippen molar-refractivity contribution < 1.29 is 26.9 Å². The first-order valence-electron chi connectivity index (χ1n) is 7.87. The molecular formula is C18H13F4N3O2. The van der Waals surface area contributed by atoms with E-state index in [1.165, 1.54) is 36.4 Å². The second-order valence-electron chi connectivity index (χ2n) is 5.65. The average Bonchev–Trinajstić information content (AvgIpc) is 3.09. The lowest BCUT2D eigenvalue weighted by Gasteiger charge is -2.09. The number of alkyl halides is 3. The third-order valence-electron chi connectivity index (χ3n) is 3.61. The van der Waals surface area contributed by atoms with E-state index >= 15 is 0 Å². The maximum Gasteiger partial charge on any atom is 0.416 e. The molecule has 27 heavy (non-hydrogen) atoms. The van der Waals surface area contributed by atoms with Crippen LogP contribution in [0.25, 0.3) is 11.4 Å². The van der Waals surface area contributed by atoms with E-state index in [0.717, 1.165) is 12.1 Å². The van der Waals surface area contributed by atoms with Crippen molar-refractivity contribution in [2.45, 2.75) is 19.0 Å². The molecule has 1 amide bonds. The molecule has 0 aliphatic carbocycles. The number of hydrogen-bond donors (Lipinski definition) is 1. The monoisotopic (exact) mass is 379 g/mol. The number of benzene rings is 2. The van der Waals surface area contributed by atoms with Crippen LogP contribution in [-0.4, -0.2) is 16.0 Å². The van der Waals surface area contributed by atoms with Crippen LogP contribution >= 0.6 is 0 Å². The summed E-state index contributed by atoms with van der Waals surface area (Å²) in [6.45, 7) is 0. The fourth-order valence-electron chi connectivity index (χ4n) is 2.29. The van der Waals surface area contributed by atoms with Gasteiger partial charge in [0.05, 0.1) is 5.56 Å². The highest BCUT2D eigenvalue weighted by Gasteiger charge is 2.30. The molecule has 0 bridgehead atoms. The Balaban J connectivity index is 1.58. The maximum atomic E-state index is 12.9. The van der Waals surface area contributed by atoms with Crippen molar-refractivity contribution in [3.05, 3.63) is 65.8 Å². The van der Waals surface area contributed by atoms with E-state index in [1.54, 1.807) is 0 Å². The fourth-order valence-corrected chi connectivity index (χ4v) is 2.29. The van der Waals surface area contributed by atoms with Gasteiger partial charge in [0.1, 0.15) is 5.82 Å². The lowest BCUT2D eigenvalue weighted by molar-refractivity contribution is -0.137. The number of nitrogens with one attached hydrogen (secondary N) is 1. The third-order valence-corrected chi connectivity index (χ3v) is 3.61. The number of carbonyl (C=O) groups excluding carboxylic acids is 1. The van der Waals surface area contributed by atoms with Crippen LogP contribution in [0.1, 0.15) is 17.9 Å². The van der Waals surface area contributed by atoms with Crippen molar-refractivity contribution in [2.75, 3.05) is 5.32 Å².